The van der Waals surface area contributed by atoms with Crippen molar-refractivity contribution in [2.24, 2.45) is 22.7 Å². The van der Waals surface area contributed by atoms with Gasteiger partial charge >= 0.3 is 0 Å². The molecule has 3 heterocycles. The lowest BCUT2D eigenvalue weighted by Crippen LogP contribution is -2.44. The normalized spacial score (nSPS) is 35.0. The van der Waals surface area contributed by atoms with Crippen LogP contribution < -0.4 is 5.32 Å². The zero-order valence-electron chi connectivity index (χ0n) is 13.8. The molecular weight excluding hydrogens is 387 g/mol. The van der Waals surface area contributed by atoms with Gasteiger partial charge in [0.25, 0.3) is 0 Å². The third kappa shape index (κ3) is 3.40. The second-order valence-electron chi connectivity index (χ2n) is 7.52. The van der Waals surface area contributed by atoms with Crippen molar-refractivity contribution in [2.45, 2.75) is 45.1 Å². The fourth-order valence-electron chi connectivity index (χ4n) is 4.67. The van der Waals surface area contributed by atoms with Gasteiger partial charge in [0.05, 0.1) is 0 Å². The van der Waals surface area contributed by atoms with E-state index in [-0.39, 0.29) is 24.0 Å². The number of guanidine groups is 1. The van der Waals surface area contributed by atoms with E-state index in [4.69, 9.17) is 4.99 Å². The molecule has 3 saturated heterocycles. The number of likely N-dealkylation sites (tertiary alicyclic amines) is 1. The summed E-state index contributed by atoms with van der Waals surface area (Å²) in [6.45, 7) is 9.39. The highest BCUT2D eigenvalue weighted by atomic mass is 127. The van der Waals surface area contributed by atoms with E-state index in [0.29, 0.717) is 0 Å². The fourth-order valence-corrected chi connectivity index (χ4v) is 4.67. The molecule has 0 aromatic heterocycles. The first kappa shape index (κ1) is 16.8. The molecule has 4 aliphatic rings. The molecule has 3 aliphatic heterocycles. The van der Waals surface area contributed by atoms with E-state index in [2.05, 4.69) is 22.0 Å². The van der Waals surface area contributed by atoms with Gasteiger partial charge in [0.15, 0.2) is 5.96 Å². The Balaban J connectivity index is 0.00000144. The van der Waals surface area contributed by atoms with Crippen molar-refractivity contribution in [3.8, 4) is 0 Å². The van der Waals surface area contributed by atoms with Crippen molar-refractivity contribution in [2.75, 3.05) is 39.3 Å². The van der Waals surface area contributed by atoms with Gasteiger partial charge in [-0.3, -0.25) is 9.89 Å². The average Bonchev–Trinajstić information content (AvgIpc) is 3.13. The van der Waals surface area contributed by atoms with Crippen LogP contribution in [0, 0.1) is 17.8 Å². The molecular formula is C17H31IN4. The van der Waals surface area contributed by atoms with Gasteiger partial charge in [0.1, 0.15) is 0 Å². The first-order valence-electron chi connectivity index (χ1n) is 9.12. The molecule has 0 bridgehead atoms. The molecule has 126 valence electrons. The number of fused-ring (bicyclic) bond motifs is 3. The Morgan fingerprint density at radius 3 is 2.77 bits per heavy atom. The monoisotopic (exact) mass is 418 g/mol. The molecule has 22 heavy (non-hydrogen) atoms. The Hall–Kier alpha value is -0.0400. The second kappa shape index (κ2) is 7.24. The number of nitrogens with zero attached hydrogens (tertiary/aromatic N) is 3. The average molecular weight is 418 g/mol. The lowest BCUT2D eigenvalue weighted by atomic mass is 9.90. The van der Waals surface area contributed by atoms with E-state index in [0.717, 1.165) is 36.9 Å². The zero-order valence-corrected chi connectivity index (χ0v) is 16.2. The molecule has 0 spiro atoms. The maximum Gasteiger partial charge on any atom is 0.193 e. The van der Waals surface area contributed by atoms with Gasteiger partial charge < -0.3 is 10.2 Å². The van der Waals surface area contributed by atoms with Crippen LogP contribution in [-0.4, -0.2) is 61.1 Å². The van der Waals surface area contributed by atoms with Crippen molar-refractivity contribution in [3.05, 3.63) is 0 Å². The van der Waals surface area contributed by atoms with E-state index in [1.165, 1.54) is 64.2 Å². The summed E-state index contributed by atoms with van der Waals surface area (Å²) in [6, 6.07) is 0.875. The smallest absolute Gasteiger partial charge is 0.193 e. The standard InChI is InChI=1S/C17H30N4.HI/c1-2-18-17(19-9-13-6-7-13)21-11-14-10-20-8-4-3-5-16(20)15(14)12-21;/h13-16H,2-12H2,1H3,(H,18,19);1H. The quantitative estimate of drug-likeness (QED) is 0.434. The Labute approximate surface area is 152 Å². The molecule has 1 saturated carbocycles. The van der Waals surface area contributed by atoms with Crippen molar-refractivity contribution in [1.82, 2.24) is 15.1 Å². The lowest BCUT2D eigenvalue weighted by Gasteiger charge is -2.33. The molecule has 4 fully saturated rings. The molecule has 0 aromatic rings. The minimum absolute atomic E-state index is 0. The predicted molar refractivity (Wildman–Crippen MR) is 102 cm³/mol. The number of hydrogen-bond acceptors (Lipinski definition) is 2. The van der Waals surface area contributed by atoms with Gasteiger partial charge in [0.2, 0.25) is 0 Å². The molecule has 4 rings (SSSR count). The predicted octanol–water partition coefficient (Wildman–Crippen LogP) is 2.40. The highest BCUT2D eigenvalue weighted by Gasteiger charge is 2.47. The van der Waals surface area contributed by atoms with Crippen molar-refractivity contribution in [1.29, 1.82) is 0 Å². The first-order valence-corrected chi connectivity index (χ1v) is 9.12. The molecule has 0 aromatic carbocycles. The Morgan fingerprint density at radius 2 is 2.00 bits per heavy atom. The summed E-state index contributed by atoms with van der Waals surface area (Å²) in [5.74, 6) is 3.86. The Morgan fingerprint density at radius 1 is 1.14 bits per heavy atom. The van der Waals surface area contributed by atoms with Gasteiger partial charge in [-0.15, -0.1) is 24.0 Å². The van der Waals surface area contributed by atoms with E-state index < -0.39 is 0 Å². The van der Waals surface area contributed by atoms with Crippen LogP contribution in [0.3, 0.4) is 0 Å². The van der Waals surface area contributed by atoms with Crippen LogP contribution in [0.1, 0.15) is 39.0 Å². The molecule has 4 nitrogen and oxygen atoms in total. The van der Waals surface area contributed by atoms with Crippen LogP contribution in [0.4, 0.5) is 0 Å². The zero-order chi connectivity index (χ0) is 14.2. The van der Waals surface area contributed by atoms with Crippen molar-refractivity contribution < 1.29 is 0 Å². The summed E-state index contributed by atoms with van der Waals surface area (Å²) in [5.41, 5.74) is 0. The minimum atomic E-state index is 0. The molecule has 0 amide bonds. The Kier molecular flexibility index (Phi) is 5.53. The molecule has 1 aliphatic carbocycles. The molecule has 3 unspecified atom stereocenters. The van der Waals surface area contributed by atoms with Gasteiger partial charge in [0, 0.05) is 38.8 Å². The van der Waals surface area contributed by atoms with Crippen LogP contribution in [0.2, 0.25) is 0 Å². The number of aliphatic imine (C=N–C) groups is 1. The third-order valence-corrected chi connectivity index (χ3v) is 5.95. The number of rotatable bonds is 3. The highest BCUT2D eigenvalue weighted by Crippen LogP contribution is 2.40. The van der Waals surface area contributed by atoms with E-state index in [1.54, 1.807) is 0 Å². The summed E-state index contributed by atoms with van der Waals surface area (Å²) in [7, 11) is 0. The maximum atomic E-state index is 4.91. The summed E-state index contributed by atoms with van der Waals surface area (Å²) in [4.78, 5) is 10.3. The molecule has 3 atom stereocenters. The van der Waals surface area contributed by atoms with Crippen molar-refractivity contribution in [3.63, 3.8) is 0 Å². The topological polar surface area (TPSA) is 30.9 Å². The van der Waals surface area contributed by atoms with Gasteiger partial charge in [-0.25, -0.2) is 0 Å². The van der Waals surface area contributed by atoms with Crippen LogP contribution in [0.5, 0.6) is 0 Å². The number of piperidine rings is 1. The second-order valence-corrected chi connectivity index (χ2v) is 7.52. The van der Waals surface area contributed by atoms with E-state index in [1.807, 2.05) is 0 Å². The molecule has 5 heteroatoms. The largest absolute Gasteiger partial charge is 0.357 e. The third-order valence-electron chi connectivity index (χ3n) is 5.95. The summed E-state index contributed by atoms with van der Waals surface area (Å²) in [6.07, 6.45) is 7.09. The number of halogens is 1. The first-order chi connectivity index (χ1) is 10.3. The fraction of sp³-hybridized carbons (Fsp3) is 0.941. The molecule has 1 N–H and O–H groups in total. The van der Waals surface area contributed by atoms with E-state index in [9.17, 15) is 0 Å². The SMILES string of the molecule is CCNC(=NCC1CC1)N1CC2CN3CCCCC3C2C1.I. The lowest BCUT2D eigenvalue weighted by molar-refractivity contribution is 0.164. The van der Waals surface area contributed by atoms with Gasteiger partial charge in [-0.05, 0) is 56.9 Å². The number of nitrogens with one attached hydrogen (secondary N) is 1. The van der Waals surface area contributed by atoms with Crippen LogP contribution in [0.15, 0.2) is 4.99 Å². The van der Waals surface area contributed by atoms with Crippen LogP contribution in [-0.2, 0) is 0 Å². The van der Waals surface area contributed by atoms with Crippen LogP contribution >= 0.6 is 24.0 Å². The highest BCUT2D eigenvalue weighted by molar-refractivity contribution is 14.0. The van der Waals surface area contributed by atoms with Gasteiger partial charge in [-0.2, -0.15) is 0 Å². The Bertz CT molecular complexity index is 409. The maximum absolute atomic E-state index is 4.91. The summed E-state index contributed by atoms with van der Waals surface area (Å²) < 4.78 is 0. The minimum Gasteiger partial charge on any atom is -0.357 e. The summed E-state index contributed by atoms with van der Waals surface area (Å²) in [5, 5.41) is 3.53. The molecule has 0 radical (unpaired) electrons. The van der Waals surface area contributed by atoms with Crippen molar-refractivity contribution >= 4 is 29.9 Å². The van der Waals surface area contributed by atoms with Gasteiger partial charge in [-0.1, -0.05) is 6.42 Å². The summed E-state index contributed by atoms with van der Waals surface area (Å²) >= 11 is 0. The van der Waals surface area contributed by atoms with Crippen LogP contribution in [0.25, 0.3) is 0 Å². The number of hydrogen-bond donors (Lipinski definition) is 1. The van der Waals surface area contributed by atoms with E-state index >= 15 is 0 Å².